The second-order valence-electron chi connectivity index (χ2n) is 5.11. The highest BCUT2D eigenvalue weighted by Gasteiger charge is 2.19. The van der Waals surface area contributed by atoms with Crippen molar-refractivity contribution in [2.24, 2.45) is 0 Å². The smallest absolute Gasteiger partial charge is 0.0237 e. The molecule has 1 saturated heterocycles. The van der Waals surface area contributed by atoms with Gasteiger partial charge in [-0.25, -0.2) is 0 Å². The molecule has 0 bridgehead atoms. The zero-order chi connectivity index (χ0) is 12.1. The summed E-state index contributed by atoms with van der Waals surface area (Å²) >= 11 is 3.67. The molecule has 0 spiro atoms. The topological polar surface area (TPSA) is 3.24 Å². The summed E-state index contributed by atoms with van der Waals surface area (Å²) in [6.45, 7) is 4.51. The Kier molecular flexibility index (Phi) is 5.05. The van der Waals surface area contributed by atoms with E-state index in [0.717, 1.165) is 17.9 Å². The molecule has 1 aliphatic heterocycles. The summed E-state index contributed by atoms with van der Waals surface area (Å²) in [5, 5.41) is 1.11. The monoisotopic (exact) mass is 295 g/mol. The lowest BCUT2D eigenvalue weighted by Crippen LogP contribution is -2.35. The Morgan fingerprint density at radius 3 is 2.65 bits per heavy atom. The third kappa shape index (κ3) is 3.82. The molecule has 0 amide bonds. The highest BCUT2D eigenvalue weighted by molar-refractivity contribution is 9.09. The molecule has 1 aromatic carbocycles. The summed E-state index contributed by atoms with van der Waals surface area (Å²) in [6, 6.07) is 9.70. The van der Waals surface area contributed by atoms with Gasteiger partial charge >= 0.3 is 0 Å². The summed E-state index contributed by atoms with van der Waals surface area (Å²) in [4.78, 5) is 2.65. The van der Waals surface area contributed by atoms with Crippen LogP contribution in [0.25, 0.3) is 0 Å². The molecule has 0 N–H and O–H groups in total. The minimum atomic E-state index is 0.721. The minimum absolute atomic E-state index is 0.721. The molecular weight excluding hydrogens is 274 g/mol. The fourth-order valence-electron chi connectivity index (χ4n) is 2.55. The van der Waals surface area contributed by atoms with Gasteiger partial charge in [0.25, 0.3) is 0 Å². The quantitative estimate of drug-likeness (QED) is 0.758. The van der Waals surface area contributed by atoms with Crippen molar-refractivity contribution in [3.8, 4) is 0 Å². The zero-order valence-corrected chi connectivity index (χ0v) is 12.2. The Morgan fingerprint density at radius 1 is 1.18 bits per heavy atom. The fourth-order valence-corrected chi connectivity index (χ4v) is 3.28. The van der Waals surface area contributed by atoms with Crippen molar-refractivity contribution in [3.05, 3.63) is 35.4 Å². The molecule has 1 heterocycles. The van der Waals surface area contributed by atoms with E-state index in [9.17, 15) is 0 Å². The van der Waals surface area contributed by atoms with Crippen LogP contribution < -0.4 is 0 Å². The first-order valence-corrected chi connectivity index (χ1v) is 7.77. The summed E-state index contributed by atoms with van der Waals surface area (Å²) < 4.78 is 0. The van der Waals surface area contributed by atoms with E-state index in [1.165, 1.54) is 43.4 Å². The lowest BCUT2D eigenvalue weighted by molar-refractivity contribution is 0.209. The van der Waals surface area contributed by atoms with E-state index >= 15 is 0 Å². The second-order valence-corrected chi connectivity index (χ2v) is 5.76. The maximum Gasteiger partial charge on any atom is 0.0237 e. The summed E-state index contributed by atoms with van der Waals surface area (Å²) in [6.07, 6.45) is 5.49. The van der Waals surface area contributed by atoms with E-state index in [2.05, 4.69) is 52.0 Å². The fraction of sp³-hybridized carbons (Fsp3) is 0.600. The van der Waals surface area contributed by atoms with Gasteiger partial charge in [-0.3, -0.25) is 4.90 Å². The Morgan fingerprint density at radius 2 is 1.94 bits per heavy atom. The van der Waals surface area contributed by atoms with Gasteiger partial charge in [0.2, 0.25) is 0 Å². The van der Waals surface area contributed by atoms with Gasteiger partial charge in [0.05, 0.1) is 0 Å². The van der Waals surface area contributed by atoms with Gasteiger partial charge in [0.15, 0.2) is 0 Å². The standard InChI is InChI=1S/C15H22BrN/c1-13-6-8-14(9-7-13)12-17-10-4-2-3-5-15(17)11-16/h6-9,15H,2-5,10-12H2,1H3. The number of halogens is 1. The van der Waals surface area contributed by atoms with Gasteiger partial charge < -0.3 is 0 Å². The van der Waals surface area contributed by atoms with E-state index in [1.807, 2.05) is 0 Å². The molecule has 1 fully saturated rings. The van der Waals surface area contributed by atoms with Crippen LogP contribution in [0.2, 0.25) is 0 Å². The molecule has 2 rings (SSSR count). The Balaban J connectivity index is 2.01. The van der Waals surface area contributed by atoms with Gasteiger partial charge in [-0.15, -0.1) is 0 Å². The first kappa shape index (κ1) is 13.1. The molecule has 1 unspecified atom stereocenters. The number of hydrogen-bond donors (Lipinski definition) is 0. The van der Waals surface area contributed by atoms with Crippen molar-refractivity contribution in [2.45, 2.75) is 45.2 Å². The van der Waals surface area contributed by atoms with Crippen LogP contribution >= 0.6 is 15.9 Å². The van der Waals surface area contributed by atoms with Crippen LogP contribution in [0.3, 0.4) is 0 Å². The van der Waals surface area contributed by atoms with Crippen molar-refractivity contribution in [1.82, 2.24) is 4.90 Å². The van der Waals surface area contributed by atoms with Crippen LogP contribution in [-0.2, 0) is 6.54 Å². The number of alkyl halides is 1. The highest BCUT2D eigenvalue weighted by atomic mass is 79.9. The molecule has 0 aliphatic carbocycles. The first-order chi connectivity index (χ1) is 8.29. The van der Waals surface area contributed by atoms with Crippen molar-refractivity contribution < 1.29 is 0 Å². The molecule has 1 aliphatic rings. The van der Waals surface area contributed by atoms with Gasteiger partial charge in [-0.2, -0.15) is 0 Å². The van der Waals surface area contributed by atoms with Crippen molar-refractivity contribution in [3.63, 3.8) is 0 Å². The van der Waals surface area contributed by atoms with E-state index < -0.39 is 0 Å². The van der Waals surface area contributed by atoms with Crippen LogP contribution in [0.4, 0.5) is 0 Å². The predicted molar refractivity (Wildman–Crippen MR) is 77.6 cm³/mol. The lowest BCUT2D eigenvalue weighted by atomic mass is 10.1. The maximum absolute atomic E-state index is 3.67. The van der Waals surface area contributed by atoms with Crippen molar-refractivity contribution in [1.29, 1.82) is 0 Å². The average molecular weight is 296 g/mol. The van der Waals surface area contributed by atoms with Crippen molar-refractivity contribution in [2.75, 3.05) is 11.9 Å². The Labute approximate surface area is 113 Å². The normalized spacial score (nSPS) is 22.4. The number of rotatable bonds is 3. The molecular formula is C15H22BrN. The molecule has 1 atom stereocenters. The molecule has 17 heavy (non-hydrogen) atoms. The zero-order valence-electron chi connectivity index (χ0n) is 10.7. The van der Waals surface area contributed by atoms with Gasteiger partial charge in [-0.05, 0) is 31.9 Å². The van der Waals surface area contributed by atoms with Crippen LogP contribution in [0.15, 0.2) is 24.3 Å². The molecule has 1 aromatic rings. The number of hydrogen-bond acceptors (Lipinski definition) is 1. The lowest BCUT2D eigenvalue weighted by Gasteiger charge is -2.28. The number of likely N-dealkylation sites (tertiary alicyclic amines) is 1. The Hall–Kier alpha value is -0.340. The van der Waals surface area contributed by atoms with E-state index in [0.29, 0.717) is 0 Å². The third-order valence-electron chi connectivity index (χ3n) is 3.68. The summed E-state index contributed by atoms with van der Waals surface area (Å²) in [7, 11) is 0. The van der Waals surface area contributed by atoms with Gasteiger partial charge in [-0.1, -0.05) is 58.6 Å². The summed E-state index contributed by atoms with van der Waals surface area (Å²) in [5.41, 5.74) is 2.80. The second kappa shape index (κ2) is 6.55. The maximum atomic E-state index is 3.67. The average Bonchev–Trinajstić information content (AvgIpc) is 2.57. The number of nitrogens with zero attached hydrogens (tertiary/aromatic N) is 1. The van der Waals surface area contributed by atoms with Gasteiger partial charge in [0.1, 0.15) is 0 Å². The molecule has 0 radical (unpaired) electrons. The van der Waals surface area contributed by atoms with Crippen LogP contribution in [0.5, 0.6) is 0 Å². The van der Waals surface area contributed by atoms with E-state index in [1.54, 1.807) is 0 Å². The van der Waals surface area contributed by atoms with E-state index in [4.69, 9.17) is 0 Å². The predicted octanol–water partition coefficient (Wildman–Crippen LogP) is 4.13. The largest absolute Gasteiger partial charge is 0.295 e. The van der Waals surface area contributed by atoms with Crippen molar-refractivity contribution >= 4 is 15.9 Å². The SMILES string of the molecule is Cc1ccc(CN2CCCCCC2CBr)cc1. The van der Waals surface area contributed by atoms with Crippen LogP contribution in [0.1, 0.15) is 36.8 Å². The highest BCUT2D eigenvalue weighted by Crippen LogP contribution is 2.20. The van der Waals surface area contributed by atoms with E-state index in [-0.39, 0.29) is 0 Å². The Bertz CT molecular complexity index is 333. The first-order valence-electron chi connectivity index (χ1n) is 6.65. The number of aryl methyl sites for hydroxylation is 1. The molecule has 2 heteroatoms. The minimum Gasteiger partial charge on any atom is -0.295 e. The van der Waals surface area contributed by atoms with Crippen LogP contribution in [0, 0.1) is 6.92 Å². The molecule has 0 saturated carbocycles. The van der Waals surface area contributed by atoms with Gasteiger partial charge in [0, 0.05) is 17.9 Å². The van der Waals surface area contributed by atoms with Crippen LogP contribution in [-0.4, -0.2) is 22.8 Å². The number of benzene rings is 1. The molecule has 0 aromatic heterocycles. The summed E-state index contributed by atoms with van der Waals surface area (Å²) in [5.74, 6) is 0. The molecule has 94 valence electrons. The molecule has 1 nitrogen and oxygen atoms in total. The third-order valence-corrected chi connectivity index (χ3v) is 4.43.